The number of aryl methyl sites for hydroxylation is 1. The predicted octanol–water partition coefficient (Wildman–Crippen LogP) is 3.30. The third-order valence-electron chi connectivity index (χ3n) is 2.79. The van der Waals surface area contributed by atoms with Gasteiger partial charge in [-0.2, -0.15) is 0 Å². The highest BCUT2D eigenvalue weighted by atomic mass is 28.3. The summed E-state index contributed by atoms with van der Waals surface area (Å²) in [5, 5.41) is 2.36. The van der Waals surface area contributed by atoms with Gasteiger partial charge in [-0.25, -0.2) is 0 Å². The van der Waals surface area contributed by atoms with Gasteiger partial charge in [-0.05, 0) is 24.6 Å². The molecule has 0 saturated heterocycles. The molecule has 0 saturated carbocycles. The quantitative estimate of drug-likeness (QED) is 0.744. The van der Waals surface area contributed by atoms with Gasteiger partial charge in [0, 0.05) is 11.5 Å². The summed E-state index contributed by atoms with van der Waals surface area (Å²) in [7, 11) is 0.309. The number of furan rings is 1. The zero-order chi connectivity index (χ0) is 11.9. The first-order valence-corrected chi connectivity index (χ1v) is 9.00. The Balaban J connectivity index is 2.66. The van der Waals surface area contributed by atoms with Crippen LogP contribution in [0.3, 0.4) is 0 Å². The van der Waals surface area contributed by atoms with Crippen LogP contribution in [-0.4, -0.2) is 15.2 Å². The lowest BCUT2D eigenvalue weighted by Gasteiger charge is -2.10. The molecule has 0 unspecified atom stereocenters. The lowest BCUT2D eigenvalue weighted by molar-refractivity contribution is 0.414. The fourth-order valence-electron chi connectivity index (χ4n) is 1.77. The van der Waals surface area contributed by atoms with E-state index in [1.165, 1.54) is 10.9 Å². The topological polar surface area (TPSA) is 22.4 Å². The van der Waals surface area contributed by atoms with Crippen molar-refractivity contribution < 1.29 is 9.15 Å². The van der Waals surface area contributed by atoms with E-state index in [1.54, 1.807) is 7.11 Å². The third-order valence-corrected chi connectivity index (χ3v) is 4.52. The SMILES string of the molecule is COc1cc(C)c2cc([Si](C)(C)C)oc2c1. The van der Waals surface area contributed by atoms with E-state index >= 15 is 0 Å². The highest BCUT2D eigenvalue weighted by Gasteiger charge is 2.22. The lowest BCUT2D eigenvalue weighted by atomic mass is 10.1. The molecule has 86 valence electrons. The first-order valence-electron chi connectivity index (χ1n) is 5.50. The summed E-state index contributed by atoms with van der Waals surface area (Å²) in [6, 6.07) is 6.20. The molecule has 0 N–H and O–H groups in total. The van der Waals surface area contributed by atoms with E-state index in [1.807, 2.05) is 12.1 Å². The predicted molar refractivity (Wildman–Crippen MR) is 70.5 cm³/mol. The van der Waals surface area contributed by atoms with Crippen molar-refractivity contribution in [2.24, 2.45) is 0 Å². The number of methoxy groups -OCH3 is 1. The molecule has 0 aliphatic heterocycles. The minimum Gasteiger partial charge on any atom is -0.497 e. The van der Waals surface area contributed by atoms with Crippen molar-refractivity contribution in [2.75, 3.05) is 7.11 Å². The second-order valence-corrected chi connectivity index (χ2v) is 10.2. The highest BCUT2D eigenvalue weighted by Crippen LogP contribution is 2.26. The Hall–Kier alpha value is -1.22. The third kappa shape index (κ3) is 1.87. The molecule has 0 bridgehead atoms. The molecule has 0 aliphatic rings. The average molecular weight is 234 g/mol. The molecule has 2 rings (SSSR count). The van der Waals surface area contributed by atoms with Crippen molar-refractivity contribution in [3.63, 3.8) is 0 Å². The second-order valence-electron chi connectivity index (χ2n) is 5.22. The number of hydrogen-bond acceptors (Lipinski definition) is 2. The summed E-state index contributed by atoms with van der Waals surface area (Å²) in [5.74, 6) is 0.862. The normalized spacial score (nSPS) is 12.1. The molecule has 16 heavy (non-hydrogen) atoms. The first-order chi connectivity index (χ1) is 7.41. The maximum absolute atomic E-state index is 5.94. The van der Waals surface area contributed by atoms with Gasteiger partial charge < -0.3 is 9.15 Å². The van der Waals surface area contributed by atoms with Crippen LogP contribution in [0.15, 0.2) is 22.6 Å². The Morgan fingerprint density at radius 3 is 2.38 bits per heavy atom. The van der Waals surface area contributed by atoms with Gasteiger partial charge in [-0.3, -0.25) is 0 Å². The molecule has 0 atom stereocenters. The molecule has 0 spiro atoms. The van der Waals surface area contributed by atoms with Crippen molar-refractivity contribution in [3.8, 4) is 5.75 Å². The summed E-state index contributed by atoms with van der Waals surface area (Å²) < 4.78 is 11.2. The molecule has 1 heterocycles. The van der Waals surface area contributed by atoms with Crippen LogP contribution in [0.1, 0.15) is 5.56 Å². The summed E-state index contributed by atoms with van der Waals surface area (Å²) in [6.07, 6.45) is 0. The number of rotatable bonds is 2. The van der Waals surface area contributed by atoms with Gasteiger partial charge in [0.05, 0.1) is 12.5 Å². The zero-order valence-electron chi connectivity index (χ0n) is 10.5. The number of fused-ring (bicyclic) bond motifs is 1. The van der Waals surface area contributed by atoms with E-state index in [-0.39, 0.29) is 0 Å². The van der Waals surface area contributed by atoms with Crippen molar-refractivity contribution in [1.82, 2.24) is 0 Å². The van der Waals surface area contributed by atoms with E-state index in [4.69, 9.17) is 9.15 Å². The van der Waals surface area contributed by atoms with E-state index in [9.17, 15) is 0 Å². The largest absolute Gasteiger partial charge is 0.497 e. The molecule has 1 aromatic carbocycles. The maximum atomic E-state index is 5.94. The van der Waals surface area contributed by atoms with Crippen LogP contribution in [-0.2, 0) is 0 Å². The Kier molecular flexibility index (Phi) is 2.58. The zero-order valence-corrected chi connectivity index (χ0v) is 11.5. The summed E-state index contributed by atoms with van der Waals surface area (Å²) in [5.41, 5.74) is 2.15. The van der Waals surface area contributed by atoms with Gasteiger partial charge in [-0.15, -0.1) is 0 Å². The first kappa shape index (κ1) is 11.3. The summed E-state index contributed by atoms with van der Waals surface area (Å²) in [6.45, 7) is 8.96. The van der Waals surface area contributed by atoms with Crippen LogP contribution in [0.5, 0.6) is 5.75 Å². The minimum atomic E-state index is -1.37. The Morgan fingerprint density at radius 1 is 1.12 bits per heavy atom. The second kappa shape index (κ2) is 3.66. The number of ether oxygens (including phenoxy) is 1. The molecular weight excluding hydrogens is 216 g/mol. The highest BCUT2D eigenvalue weighted by molar-refractivity contribution is 6.87. The molecule has 3 heteroatoms. The van der Waals surface area contributed by atoms with E-state index in [0.717, 1.165) is 16.7 Å². The van der Waals surface area contributed by atoms with E-state index in [2.05, 4.69) is 32.6 Å². The van der Waals surface area contributed by atoms with Crippen LogP contribution in [0.25, 0.3) is 11.0 Å². The maximum Gasteiger partial charge on any atom is 0.137 e. The van der Waals surface area contributed by atoms with Crippen molar-refractivity contribution in [2.45, 2.75) is 26.6 Å². The Bertz CT molecular complexity index is 520. The molecule has 0 aliphatic carbocycles. The number of hydrogen-bond donors (Lipinski definition) is 0. The van der Waals surface area contributed by atoms with Gasteiger partial charge in [-0.1, -0.05) is 19.6 Å². The van der Waals surface area contributed by atoms with Crippen LogP contribution < -0.4 is 10.1 Å². The van der Waals surface area contributed by atoms with E-state index in [0.29, 0.717) is 0 Å². The molecule has 1 aromatic heterocycles. The fourth-order valence-corrected chi connectivity index (χ4v) is 2.76. The van der Waals surface area contributed by atoms with Crippen molar-refractivity contribution >= 4 is 24.4 Å². The van der Waals surface area contributed by atoms with Crippen molar-refractivity contribution in [3.05, 3.63) is 23.8 Å². The smallest absolute Gasteiger partial charge is 0.137 e. The summed E-state index contributed by atoms with van der Waals surface area (Å²) in [4.78, 5) is 0. The molecule has 2 nitrogen and oxygen atoms in total. The van der Waals surface area contributed by atoms with Gasteiger partial charge >= 0.3 is 0 Å². The Labute approximate surface area is 97.2 Å². The summed E-state index contributed by atoms with van der Waals surface area (Å²) >= 11 is 0. The number of benzene rings is 1. The molecule has 0 fully saturated rings. The van der Waals surface area contributed by atoms with Gasteiger partial charge in [0.2, 0.25) is 0 Å². The van der Waals surface area contributed by atoms with E-state index < -0.39 is 8.07 Å². The van der Waals surface area contributed by atoms with Crippen LogP contribution >= 0.6 is 0 Å². The molecule has 0 radical (unpaired) electrons. The molecular formula is C13H18O2Si. The van der Waals surface area contributed by atoms with Crippen molar-refractivity contribution in [1.29, 1.82) is 0 Å². The van der Waals surface area contributed by atoms with Crippen LogP contribution in [0, 0.1) is 6.92 Å². The molecule has 0 amide bonds. The standard InChI is InChI=1S/C13H18O2Si/c1-9-6-10(14-2)7-12-11(9)8-13(15-12)16(3,4)5/h6-8H,1-5H3. The molecule has 2 aromatic rings. The lowest BCUT2D eigenvalue weighted by Crippen LogP contribution is -2.36. The van der Waals surface area contributed by atoms with Gasteiger partial charge in [0.25, 0.3) is 0 Å². The van der Waals surface area contributed by atoms with Gasteiger partial charge in [0.15, 0.2) is 0 Å². The monoisotopic (exact) mass is 234 g/mol. The Morgan fingerprint density at radius 2 is 1.81 bits per heavy atom. The van der Waals surface area contributed by atoms with Crippen LogP contribution in [0.2, 0.25) is 19.6 Å². The minimum absolute atomic E-state index is 0.862. The fraction of sp³-hybridized carbons (Fsp3) is 0.385. The van der Waals surface area contributed by atoms with Crippen LogP contribution in [0.4, 0.5) is 0 Å². The average Bonchev–Trinajstić information content (AvgIpc) is 2.61. The van der Waals surface area contributed by atoms with Gasteiger partial charge in [0.1, 0.15) is 19.4 Å².